The minimum atomic E-state index is -3.54. The Morgan fingerprint density at radius 2 is 1.71 bits per heavy atom. The van der Waals surface area contributed by atoms with Crippen LogP contribution in [0.2, 0.25) is 0 Å². The van der Waals surface area contributed by atoms with Crippen molar-refractivity contribution in [2.45, 2.75) is 38.7 Å². The first kappa shape index (κ1) is 14.2. The monoisotopic (exact) mass is 257 g/mol. The summed E-state index contributed by atoms with van der Waals surface area (Å²) in [4.78, 5) is 0.309. The maximum absolute atomic E-state index is 12.1. The van der Waals surface area contributed by atoms with Gasteiger partial charge in [0, 0.05) is 6.54 Å². The van der Waals surface area contributed by atoms with E-state index in [1.807, 2.05) is 19.1 Å². The van der Waals surface area contributed by atoms with Crippen LogP contribution in [-0.2, 0) is 10.0 Å². The molecule has 4 nitrogen and oxygen atoms in total. The number of aliphatic hydroxyl groups excluding tert-OH is 1. The molecule has 1 rings (SSSR count). The fourth-order valence-corrected chi connectivity index (χ4v) is 3.46. The van der Waals surface area contributed by atoms with Crippen molar-refractivity contribution in [3.63, 3.8) is 0 Å². The van der Waals surface area contributed by atoms with Crippen LogP contribution in [0.1, 0.15) is 23.6 Å². The fourth-order valence-electron chi connectivity index (χ4n) is 1.89. The van der Waals surface area contributed by atoms with Crippen LogP contribution in [0, 0.1) is 20.8 Å². The summed E-state index contributed by atoms with van der Waals surface area (Å²) in [7, 11) is -3.54. The third-order valence-corrected chi connectivity index (χ3v) is 4.17. The number of nitrogens with one attached hydrogen (secondary N) is 1. The lowest BCUT2D eigenvalue weighted by Crippen LogP contribution is -2.31. The highest BCUT2D eigenvalue weighted by Gasteiger charge is 2.19. The SMILES string of the molecule is Cc1cc(C)c(S(=O)(=O)NC[C@@H](C)O)c(C)c1. The molecule has 96 valence electrons. The summed E-state index contributed by atoms with van der Waals surface area (Å²) in [6.45, 7) is 7.04. The van der Waals surface area contributed by atoms with Crippen molar-refractivity contribution in [2.75, 3.05) is 6.54 Å². The standard InChI is InChI=1S/C12H19NO3S/c1-8-5-9(2)12(10(3)6-8)17(15,16)13-7-11(4)14/h5-6,11,13-14H,7H2,1-4H3/t11-/m1/s1. The first-order chi connectivity index (χ1) is 7.74. The molecule has 0 fully saturated rings. The summed E-state index contributed by atoms with van der Waals surface area (Å²) < 4.78 is 26.5. The molecule has 0 amide bonds. The van der Waals surface area contributed by atoms with Gasteiger partial charge in [0.2, 0.25) is 10.0 Å². The van der Waals surface area contributed by atoms with Gasteiger partial charge >= 0.3 is 0 Å². The number of benzene rings is 1. The third kappa shape index (κ3) is 3.52. The van der Waals surface area contributed by atoms with Crippen molar-refractivity contribution in [3.05, 3.63) is 28.8 Å². The van der Waals surface area contributed by atoms with Crippen LogP contribution in [0.5, 0.6) is 0 Å². The normalized spacial score (nSPS) is 13.7. The molecule has 5 heteroatoms. The highest BCUT2D eigenvalue weighted by Crippen LogP contribution is 2.21. The molecule has 0 spiro atoms. The van der Waals surface area contributed by atoms with Crippen LogP contribution < -0.4 is 4.72 Å². The van der Waals surface area contributed by atoms with Crippen molar-refractivity contribution in [3.8, 4) is 0 Å². The number of hydrogen-bond donors (Lipinski definition) is 2. The molecule has 0 radical (unpaired) electrons. The van der Waals surface area contributed by atoms with Gasteiger partial charge in [0.1, 0.15) is 0 Å². The molecule has 0 saturated carbocycles. The van der Waals surface area contributed by atoms with E-state index in [1.165, 1.54) is 6.92 Å². The number of rotatable bonds is 4. The Kier molecular flexibility index (Phi) is 4.30. The van der Waals surface area contributed by atoms with E-state index in [1.54, 1.807) is 13.8 Å². The number of aliphatic hydroxyl groups is 1. The topological polar surface area (TPSA) is 66.4 Å². The molecule has 1 aromatic rings. The first-order valence-electron chi connectivity index (χ1n) is 5.49. The van der Waals surface area contributed by atoms with Crippen LogP contribution in [0.3, 0.4) is 0 Å². The van der Waals surface area contributed by atoms with Gasteiger partial charge in [-0.15, -0.1) is 0 Å². The average molecular weight is 257 g/mol. The Hall–Kier alpha value is -0.910. The molecule has 0 aliphatic rings. The molecule has 0 saturated heterocycles. The molecule has 17 heavy (non-hydrogen) atoms. The van der Waals surface area contributed by atoms with Gasteiger partial charge < -0.3 is 5.11 Å². The maximum atomic E-state index is 12.1. The predicted octanol–water partition coefficient (Wildman–Crippen LogP) is 1.27. The van der Waals surface area contributed by atoms with E-state index >= 15 is 0 Å². The summed E-state index contributed by atoms with van der Waals surface area (Å²) >= 11 is 0. The zero-order valence-corrected chi connectivity index (χ0v) is 11.4. The van der Waals surface area contributed by atoms with E-state index in [2.05, 4.69) is 4.72 Å². The Balaban J connectivity index is 3.16. The predicted molar refractivity (Wildman–Crippen MR) is 67.5 cm³/mol. The highest BCUT2D eigenvalue weighted by molar-refractivity contribution is 7.89. The lowest BCUT2D eigenvalue weighted by Gasteiger charge is -2.13. The fraction of sp³-hybridized carbons (Fsp3) is 0.500. The molecule has 0 aromatic heterocycles. The second kappa shape index (κ2) is 5.16. The lowest BCUT2D eigenvalue weighted by molar-refractivity contribution is 0.198. The molecule has 1 aromatic carbocycles. The van der Waals surface area contributed by atoms with Crippen LogP contribution in [0.15, 0.2) is 17.0 Å². The Labute approximate surface area is 103 Å². The van der Waals surface area contributed by atoms with Gasteiger partial charge in [-0.25, -0.2) is 13.1 Å². The zero-order valence-electron chi connectivity index (χ0n) is 10.6. The molecule has 0 heterocycles. The van der Waals surface area contributed by atoms with Crippen LogP contribution >= 0.6 is 0 Å². The molecule has 0 unspecified atom stereocenters. The van der Waals surface area contributed by atoms with E-state index < -0.39 is 16.1 Å². The molecule has 0 bridgehead atoms. The molecule has 2 N–H and O–H groups in total. The zero-order chi connectivity index (χ0) is 13.2. The van der Waals surface area contributed by atoms with Crippen LogP contribution in [0.25, 0.3) is 0 Å². The van der Waals surface area contributed by atoms with E-state index in [0.29, 0.717) is 4.90 Å². The van der Waals surface area contributed by atoms with E-state index in [-0.39, 0.29) is 6.54 Å². The molecule has 1 atom stereocenters. The van der Waals surface area contributed by atoms with Gasteiger partial charge in [0.15, 0.2) is 0 Å². The molecule has 0 aliphatic carbocycles. The van der Waals surface area contributed by atoms with Crippen molar-refractivity contribution < 1.29 is 13.5 Å². The number of aryl methyl sites for hydroxylation is 3. The number of sulfonamides is 1. The minimum absolute atomic E-state index is 0.0229. The van der Waals surface area contributed by atoms with Crippen molar-refractivity contribution in [1.29, 1.82) is 0 Å². The second-order valence-corrected chi connectivity index (χ2v) is 6.13. The maximum Gasteiger partial charge on any atom is 0.241 e. The summed E-state index contributed by atoms with van der Waals surface area (Å²) in [6, 6.07) is 3.67. The third-order valence-electron chi connectivity index (χ3n) is 2.44. The van der Waals surface area contributed by atoms with E-state index in [0.717, 1.165) is 16.7 Å². The van der Waals surface area contributed by atoms with Crippen molar-refractivity contribution in [2.24, 2.45) is 0 Å². The van der Waals surface area contributed by atoms with E-state index in [4.69, 9.17) is 5.11 Å². The second-order valence-electron chi connectivity index (χ2n) is 4.43. The molecular formula is C12H19NO3S. The van der Waals surface area contributed by atoms with Gasteiger partial charge in [-0.2, -0.15) is 0 Å². The van der Waals surface area contributed by atoms with Gasteiger partial charge in [-0.1, -0.05) is 17.7 Å². The summed E-state index contributed by atoms with van der Waals surface area (Å²) in [5, 5.41) is 9.12. The summed E-state index contributed by atoms with van der Waals surface area (Å²) in [6.07, 6.45) is -0.698. The first-order valence-corrected chi connectivity index (χ1v) is 6.98. The van der Waals surface area contributed by atoms with Gasteiger partial charge in [0.05, 0.1) is 11.0 Å². The van der Waals surface area contributed by atoms with Crippen LogP contribution in [0.4, 0.5) is 0 Å². The largest absolute Gasteiger partial charge is 0.392 e. The summed E-state index contributed by atoms with van der Waals surface area (Å²) in [5.74, 6) is 0. The van der Waals surface area contributed by atoms with E-state index in [9.17, 15) is 8.42 Å². The number of hydrogen-bond acceptors (Lipinski definition) is 3. The minimum Gasteiger partial charge on any atom is -0.392 e. The molecule has 0 aliphatic heterocycles. The van der Waals surface area contributed by atoms with Gasteiger partial charge in [-0.05, 0) is 38.8 Å². The van der Waals surface area contributed by atoms with Crippen molar-refractivity contribution >= 4 is 10.0 Å². The Morgan fingerprint density at radius 3 is 2.12 bits per heavy atom. The van der Waals surface area contributed by atoms with Gasteiger partial charge in [0.25, 0.3) is 0 Å². The van der Waals surface area contributed by atoms with Crippen molar-refractivity contribution in [1.82, 2.24) is 4.72 Å². The smallest absolute Gasteiger partial charge is 0.241 e. The summed E-state index contributed by atoms with van der Waals surface area (Å²) in [5.41, 5.74) is 2.48. The Morgan fingerprint density at radius 1 is 1.24 bits per heavy atom. The highest BCUT2D eigenvalue weighted by atomic mass is 32.2. The molecular weight excluding hydrogens is 238 g/mol. The van der Waals surface area contributed by atoms with Crippen LogP contribution in [-0.4, -0.2) is 26.2 Å². The quantitative estimate of drug-likeness (QED) is 0.853. The average Bonchev–Trinajstić information content (AvgIpc) is 2.12. The Bertz CT molecular complexity index is 483. The lowest BCUT2D eigenvalue weighted by atomic mass is 10.1. The van der Waals surface area contributed by atoms with Gasteiger partial charge in [-0.3, -0.25) is 0 Å².